The fourth-order valence-electron chi connectivity index (χ4n) is 2.96. The van der Waals surface area contributed by atoms with E-state index in [1.807, 2.05) is 54.0 Å². The number of nitrogens with one attached hydrogen (secondary N) is 2. The summed E-state index contributed by atoms with van der Waals surface area (Å²) in [7, 11) is 3.17. The number of rotatable bonds is 9. The first-order chi connectivity index (χ1) is 15.5. The van der Waals surface area contributed by atoms with Crippen molar-refractivity contribution < 1.29 is 19.1 Å². The van der Waals surface area contributed by atoms with Gasteiger partial charge >= 0.3 is 0 Å². The van der Waals surface area contributed by atoms with Crippen molar-refractivity contribution in [2.24, 2.45) is 0 Å². The zero-order chi connectivity index (χ0) is 22.9. The zero-order valence-electron chi connectivity index (χ0n) is 18.1. The normalized spacial score (nSPS) is 10.5. The van der Waals surface area contributed by atoms with Crippen molar-refractivity contribution >= 4 is 23.6 Å². The highest BCUT2D eigenvalue weighted by atomic mass is 32.2. The molecule has 2 N–H and O–H groups in total. The molecule has 9 nitrogen and oxygen atoms in total. The number of hydrogen-bond acceptors (Lipinski definition) is 7. The van der Waals surface area contributed by atoms with Gasteiger partial charge in [-0.3, -0.25) is 20.4 Å². The molecule has 3 aromatic rings. The summed E-state index contributed by atoms with van der Waals surface area (Å²) in [5.41, 5.74) is 6.52. The molecule has 0 bridgehead atoms. The number of thioether (sulfide) groups is 1. The van der Waals surface area contributed by atoms with Crippen LogP contribution >= 0.6 is 11.8 Å². The van der Waals surface area contributed by atoms with Crippen molar-refractivity contribution in [2.75, 3.05) is 20.0 Å². The molecule has 1 heterocycles. The Morgan fingerprint density at radius 2 is 1.62 bits per heavy atom. The van der Waals surface area contributed by atoms with Gasteiger partial charge in [-0.1, -0.05) is 42.1 Å². The van der Waals surface area contributed by atoms with Gasteiger partial charge in [0.1, 0.15) is 11.5 Å². The standard InChI is InChI=1S/C22H25N5O4S/c1-4-27-21(16-11-17(30-2)13-18(12-16)31-3)25-26-22(27)32-14-20(29)24-23-19(28)10-15-8-6-5-7-9-15/h5-9,11-13H,4,10,14H2,1-3H3,(H,23,28)(H,24,29). The summed E-state index contributed by atoms with van der Waals surface area (Å²) in [5.74, 6) is 1.37. The van der Waals surface area contributed by atoms with Crippen molar-refractivity contribution in [3.05, 3.63) is 54.1 Å². The Balaban J connectivity index is 1.59. The van der Waals surface area contributed by atoms with E-state index in [1.54, 1.807) is 20.3 Å². The maximum Gasteiger partial charge on any atom is 0.248 e. The molecule has 0 fully saturated rings. The van der Waals surface area contributed by atoms with Crippen LogP contribution < -0.4 is 20.3 Å². The predicted octanol–water partition coefficient (Wildman–Crippen LogP) is 2.46. The molecule has 32 heavy (non-hydrogen) atoms. The summed E-state index contributed by atoms with van der Waals surface area (Å²) in [4.78, 5) is 24.2. The second kappa shape index (κ2) is 11.2. The number of methoxy groups -OCH3 is 2. The molecule has 0 aliphatic heterocycles. The Labute approximate surface area is 190 Å². The second-order valence-corrected chi connectivity index (χ2v) is 7.64. The van der Waals surface area contributed by atoms with Crippen molar-refractivity contribution in [3.63, 3.8) is 0 Å². The number of carbonyl (C=O) groups is 2. The van der Waals surface area contributed by atoms with Crippen molar-refractivity contribution in [2.45, 2.75) is 25.0 Å². The fourth-order valence-corrected chi connectivity index (χ4v) is 3.76. The first-order valence-corrected chi connectivity index (χ1v) is 10.9. The highest BCUT2D eigenvalue weighted by Crippen LogP contribution is 2.30. The minimum Gasteiger partial charge on any atom is -0.497 e. The molecule has 3 rings (SSSR count). The van der Waals surface area contributed by atoms with Crippen LogP contribution in [0.1, 0.15) is 12.5 Å². The number of hydrazine groups is 1. The van der Waals surface area contributed by atoms with Crippen molar-refractivity contribution in [1.82, 2.24) is 25.6 Å². The van der Waals surface area contributed by atoms with Crippen LogP contribution in [0.5, 0.6) is 11.5 Å². The Morgan fingerprint density at radius 1 is 0.969 bits per heavy atom. The van der Waals surface area contributed by atoms with Gasteiger partial charge < -0.3 is 14.0 Å². The van der Waals surface area contributed by atoms with E-state index in [2.05, 4.69) is 21.0 Å². The minimum atomic E-state index is -0.341. The van der Waals surface area contributed by atoms with E-state index in [4.69, 9.17) is 9.47 Å². The number of benzene rings is 2. The van der Waals surface area contributed by atoms with Gasteiger partial charge in [0, 0.05) is 18.2 Å². The molecular formula is C22H25N5O4S. The molecule has 168 valence electrons. The van der Waals surface area contributed by atoms with E-state index in [0.29, 0.717) is 29.0 Å². The average Bonchev–Trinajstić information content (AvgIpc) is 3.24. The molecule has 0 saturated carbocycles. The summed E-state index contributed by atoms with van der Waals surface area (Å²) in [6, 6.07) is 14.8. The molecule has 0 spiro atoms. The Kier molecular flexibility index (Phi) is 8.09. The van der Waals surface area contributed by atoms with Crippen LogP contribution in [-0.2, 0) is 22.6 Å². The zero-order valence-corrected chi connectivity index (χ0v) is 18.9. The van der Waals surface area contributed by atoms with Crippen LogP contribution in [-0.4, -0.2) is 46.6 Å². The van der Waals surface area contributed by atoms with Crippen LogP contribution in [0.2, 0.25) is 0 Å². The van der Waals surface area contributed by atoms with E-state index in [1.165, 1.54) is 11.8 Å². The second-order valence-electron chi connectivity index (χ2n) is 6.70. The highest BCUT2D eigenvalue weighted by Gasteiger charge is 2.16. The van der Waals surface area contributed by atoms with Gasteiger partial charge in [0.05, 0.1) is 26.4 Å². The third kappa shape index (κ3) is 6.01. The molecule has 0 aliphatic carbocycles. The number of carbonyl (C=O) groups excluding carboxylic acids is 2. The van der Waals surface area contributed by atoms with E-state index in [-0.39, 0.29) is 24.0 Å². The fraction of sp³-hybridized carbons (Fsp3) is 0.273. The third-order valence-electron chi connectivity index (χ3n) is 4.52. The quantitative estimate of drug-likeness (QED) is 0.377. The van der Waals surface area contributed by atoms with Gasteiger partial charge in [0.15, 0.2) is 11.0 Å². The molecule has 0 radical (unpaired) electrons. The smallest absolute Gasteiger partial charge is 0.248 e. The molecule has 0 aliphatic rings. The monoisotopic (exact) mass is 455 g/mol. The van der Waals surface area contributed by atoms with Crippen LogP contribution in [0.4, 0.5) is 0 Å². The molecule has 10 heteroatoms. The maximum atomic E-state index is 12.2. The van der Waals surface area contributed by atoms with E-state index in [0.717, 1.165) is 11.1 Å². The number of hydrogen-bond donors (Lipinski definition) is 2. The number of amides is 2. The summed E-state index contributed by atoms with van der Waals surface area (Å²) in [5, 5.41) is 9.10. The van der Waals surface area contributed by atoms with Gasteiger partial charge in [-0.2, -0.15) is 0 Å². The Bertz CT molecular complexity index is 1050. The van der Waals surface area contributed by atoms with Gasteiger partial charge in [0.2, 0.25) is 11.8 Å². The van der Waals surface area contributed by atoms with Gasteiger partial charge in [-0.25, -0.2) is 0 Å². The number of aromatic nitrogens is 3. The van der Waals surface area contributed by atoms with E-state index < -0.39 is 0 Å². The Morgan fingerprint density at radius 3 is 2.25 bits per heavy atom. The summed E-state index contributed by atoms with van der Waals surface area (Å²) >= 11 is 1.23. The third-order valence-corrected chi connectivity index (χ3v) is 5.49. The molecule has 0 unspecified atom stereocenters. The summed E-state index contributed by atoms with van der Waals surface area (Å²) in [6.07, 6.45) is 0.186. The van der Waals surface area contributed by atoms with Crippen molar-refractivity contribution in [1.29, 1.82) is 0 Å². The number of nitrogens with zero attached hydrogens (tertiary/aromatic N) is 3. The molecule has 0 atom stereocenters. The summed E-state index contributed by atoms with van der Waals surface area (Å²) < 4.78 is 12.6. The van der Waals surface area contributed by atoms with Crippen LogP contribution in [0.3, 0.4) is 0 Å². The first-order valence-electron chi connectivity index (χ1n) is 9.95. The lowest BCUT2D eigenvalue weighted by Crippen LogP contribution is -2.43. The van der Waals surface area contributed by atoms with Crippen LogP contribution in [0.25, 0.3) is 11.4 Å². The van der Waals surface area contributed by atoms with E-state index in [9.17, 15) is 9.59 Å². The van der Waals surface area contributed by atoms with Crippen molar-refractivity contribution in [3.8, 4) is 22.9 Å². The van der Waals surface area contributed by atoms with Crippen LogP contribution in [0.15, 0.2) is 53.7 Å². The Hall–Kier alpha value is -3.53. The maximum absolute atomic E-state index is 12.2. The molecule has 2 aromatic carbocycles. The van der Waals surface area contributed by atoms with Gasteiger partial charge in [0.25, 0.3) is 0 Å². The predicted molar refractivity (Wildman–Crippen MR) is 121 cm³/mol. The topological polar surface area (TPSA) is 107 Å². The SMILES string of the molecule is CCn1c(SCC(=O)NNC(=O)Cc2ccccc2)nnc1-c1cc(OC)cc(OC)c1. The lowest BCUT2D eigenvalue weighted by Gasteiger charge is -2.10. The molecule has 2 amide bonds. The highest BCUT2D eigenvalue weighted by molar-refractivity contribution is 7.99. The first kappa shape index (κ1) is 23.1. The van der Waals surface area contributed by atoms with Crippen LogP contribution in [0, 0.1) is 0 Å². The van der Waals surface area contributed by atoms with Gasteiger partial charge in [-0.05, 0) is 24.6 Å². The molecular weight excluding hydrogens is 430 g/mol. The minimum absolute atomic E-state index is 0.0746. The van der Waals surface area contributed by atoms with Gasteiger partial charge in [-0.15, -0.1) is 10.2 Å². The summed E-state index contributed by atoms with van der Waals surface area (Å²) in [6.45, 7) is 2.58. The average molecular weight is 456 g/mol. The lowest BCUT2D eigenvalue weighted by molar-refractivity contribution is -0.127. The number of ether oxygens (including phenoxy) is 2. The molecule has 0 saturated heterocycles. The molecule has 1 aromatic heterocycles. The largest absolute Gasteiger partial charge is 0.497 e. The lowest BCUT2D eigenvalue weighted by atomic mass is 10.1. The van der Waals surface area contributed by atoms with E-state index >= 15 is 0 Å².